The Bertz CT molecular complexity index is 1090. The SMILES string of the molecule is CNCOCCOc1c(C2=NCCN2)cc2ccccc2c1-c1ccc(Cl)c(Cl)c1. The van der Waals surface area contributed by atoms with Crippen LogP contribution in [0.5, 0.6) is 5.75 Å². The average Bonchev–Trinajstić information content (AvgIpc) is 3.29. The molecule has 0 bridgehead atoms. The summed E-state index contributed by atoms with van der Waals surface area (Å²) >= 11 is 12.5. The molecule has 0 aromatic heterocycles. The molecule has 3 aromatic rings. The topological polar surface area (TPSA) is 54.9 Å². The number of nitrogens with zero attached hydrogens (tertiary/aromatic N) is 1. The maximum Gasteiger partial charge on any atom is 0.138 e. The van der Waals surface area contributed by atoms with Crippen LogP contribution in [-0.4, -0.2) is 45.9 Å². The van der Waals surface area contributed by atoms with E-state index >= 15 is 0 Å². The van der Waals surface area contributed by atoms with Crippen molar-refractivity contribution in [1.29, 1.82) is 0 Å². The summed E-state index contributed by atoms with van der Waals surface area (Å²) < 4.78 is 11.8. The highest BCUT2D eigenvalue weighted by molar-refractivity contribution is 6.42. The number of hydrogen-bond acceptors (Lipinski definition) is 5. The van der Waals surface area contributed by atoms with Crippen molar-refractivity contribution in [3.8, 4) is 16.9 Å². The monoisotopic (exact) mass is 443 g/mol. The van der Waals surface area contributed by atoms with E-state index in [0.717, 1.165) is 52.1 Å². The zero-order valence-electron chi connectivity index (χ0n) is 16.7. The highest BCUT2D eigenvalue weighted by Crippen LogP contribution is 2.42. The second-order valence-corrected chi connectivity index (χ2v) is 7.70. The van der Waals surface area contributed by atoms with Crippen LogP contribution in [0.1, 0.15) is 5.56 Å². The average molecular weight is 444 g/mol. The molecule has 0 atom stereocenters. The van der Waals surface area contributed by atoms with Crippen molar-refractivity contribution < 1.29 is 9.47 Å². The van der Waals surface area contributed by atoms with Gasteiger partial charge in [0.1, 0.15) is 18.2 Å². The summed E-state index contributed by atoms with van der Waals surface area (Å²) in [6.45, 7) is 2.91. The van der Waals surface area contributed by atoms with Crippen molar-refractivity contribution in [1.82, 2.24) is 10.6 Å². The van der Waals surface area contributed by atoms with Crippen molar-refractivity contribution >= 4 is 39.8 Å². The molecule has 0 unspecified atom stereocenters. The van der Waals surface area contributed by atoms with Crippen LogP contribution in [0.25, 0.3) is 21.9 Å². The lowest BCUT2D eigenvalue weighted by atomic mass is 9.93. The molecule has 7 heteroatoms. The molecule has 3 aromatic carbocycles. The van der Waals surface area contributed by atoms with Crippen LogP contribution in [-0.2, 0) is 4.74 Å². The Morgan fingerprint density at radius 1 is 1.07 bits per heavy atom. The number of halogens is 2. The van der Waals surface area contributed by atoms with E-state index in [1.807, 2.05) is 37.4 Å². The Kier molecular flexibility index (Phi) is 6.75. The van der Waals surface area contributed by atoms with Crippen LogP contribution in [0.4, 0.5) is 0 Å². The molecule has 2 N–H and O–H groups in total. The smallest absolute Gasteiger partial charge is 0.138 e. The van der Waals surface area contributed by atoms with E-state index in [1.165, 1.54) is 0 Å². The van der Waals surface area contributed by atoms with Gasteiger partial charge in [0.2, 0.25) is 0 Å². The zero-order valence-corrected chi connectivity index (χ0v) is 18.2. The molecule has 0 saturated carbocycles. The minimum Gasteiger partial charge on any atom is -0.490 e. The number of hydrogen-bond donors (Lipinski definition) is 2. The van der Waals surface area contributed by atoms with Crippen LogP contribution in [0.2, 0.25) is 10.0 Å². The van der Waals surface area contributed by atoms with Gasteiger partial charge in [-0.2, -0.15) is 0 Å². The lowest BCUT2D eigenvalue weighted by molar-refractivity contribution is 0.0909. The molecular weight excluding hydrogens is 421 g/mol. The first-order chi connectivity index (χ1) is 14.7. The normalized spacial score (nSPS) is 13.4. The van der Waals surface area contributed by atoms with Crippen LogP contribution in [0.3, 0.4) is 0 Å². The van der Waals surface area contributed by atoms with Gasteiger partial charge in [-0.1, -0.05) is 53.5 Å². The first kappa shape index (κ1) is 20.9. The molecule has 1 aliphatic rings. The van der Waals surface area contributed by atoms with Crippen LogP contribution in [0, 0.1) is 0 Å². The quantitative estimate of drug-likeness (QED) is 0.390. The number of amidine groups is 1. The number of aliphatic imine (C=N–C) groups is 1. The van der Waals surface area contributed by atoms with E-state index in [9.17, 15) is 0 Å². The largest absolute Gasteiger partial charge is 0.490 e. The molecule has 5 nitrogen and oxygen atoms in total. The summed E-state index contributed by atoms with van der Waals surface area (Å²) in [7, 11) is 1.84. The molecule has 0 amide bonds. The number of nitrogens with one attached hydrogen (secondary N) is 2. The molecule has 1 aliphatic heterocycles. The van der Waals surface area contributed by atoms with E-state index in [1.54, 1.807) is 0 Å². The predicted molar refractivity (Wildman–Crippen MR) is 124 cm³/mol. The summed E-state index contributed by atoms with van der Waals surface area (Å²) in [6.07, 6.45) is 0. The third-order valence-electron chi connectivity index (χ3n) is 4.86. The van der Waals surface area contributed by atoms with Gasteiger partial charge in [-0.05, 0) is 41.6 Å². The molecule has 30 heavy (non-hydrogen) atoms. The van der Waals surface area contributed by atoms with Crippen LogP contribution in [0.15, 0.2) is 53.5 Å². The first-order valence-electron chi connectivity index (χ1n) is 9.84. The minimum atomic E-state index is 0.411. The number of ether oxygens (including phenoxy) is 2. The molecule has 156 valence electrons. The van der Waals surface area contributed by atoms with Gasteiger partial charge in [0.05, 0.1) is 35.5 Å². The highest BCUT2D eigenvalue weighted by Gasteiger charge is 2.22. The third kappa shape index (κ3) is 4.40. The van der Waals surface area contributed by atoms with Gasteiger partial charge in [0.25, 0.3) is 0 Å². The van der Waals surface area contributed by atoms with Crippen molar-refractivity contribution in [2.75, 3.05) is 40.1 Å². The van der Waals surface area contributed by atoms with E-state index < -0.39 is 0 Å². The second kappa shape index (κ2) is 9.67. The summed E-state index contributed by atoms with van der Waals surface area (Å²) in [4.78, 5) is 4.63. The van der Waals surface area contributed by atoms with Crippen molar-refractivity contribution in [2.24, 2.45) is 4.99 Å². The number of rotatable bonds is 8. The van der Waals surface area contributed by atoms with Crippen molar-refractivity contribution in [2.45, 2.75) is 0 Å². The highest BCUT2D eigenvalue weighted by atomic mass is 35.5. The fraction of sp³-hybridized carbons (Fsp3) is 0.261. The summed E-state index contributed by atoms with van der Waals surface area (Å²) in [5, 5.41) is 9.53. The summed E-state index contributed by atoms with van der Waals surface area (Å²) in [5.74, 6) is 1.60. The maximum absolute atomic E-state index is 6.36. The van der Waals surface area contributed by atoms with E-state index in [0.29, 0.717) is 30.0 Å². The third-order valence-corrected chi connectivity index (χ3v) is 5.60. The van der Waals surface area contributed by atoms with Gasteiger partial charge in [-0.15, -0.1) is 0 Å². The fourth-order valence-corrected chi connectivity index (χ4v) is 3.85. The molecule has 1 heterocycles. The molecule has 0 fully saturated rings. The number of benzene rings is 3. The van der Waals surface area contributed by atoms with Crippen molar-refractivity contribution in [3.05, 3.63) is 64.1 Å². The maximum atomic E-state index is 6.36. The Balaban J connectivity index is 1.88. The Morgan fingerprint density at radius 2 is 1.93 bits per heavy atom. The van der Waals surface area contributed by atoms with Crippen LogP contribution < -0.4 is 15.4 Å². The molecule has 0 saturated heterocycles. The Morgan fingerprint density at radius 3 is 2.70 bits per heavy atom. The van der Waals surface area contributed by atoms with Crippen molar-refractivity contribution in [3.63, 3.8) is 0 Å². The lowest BCUT2D eigenvalue weighted by Gasteiger charge is -2.20. The predicted octanol–water partition coefficient (Wildman–Crippen LogP) is 4.74. The molecule has 4 rings (SSSR count). The molecule has 0 spiro atoms. The molecular formula is C23H23Cl2N3O2. The number of fused-ring (bicyclic) bond motifs is 1. The standard InChI is InChI=1S/C23H23Cl2N3O2/c1-26-14-29-10-11-30-22-18(23-27-8-9-28-23)12-15-4-2-3-5-17(15)21(22)16-6-7-19(24)20(25)13-16/h2-7,12-13,26H,8-11,14H2,1H3,(H,27,28). The van der Waals surface area contributed by atoms with Gasteiger partial charge in [0, 0.05) is 12.1 Å². The first-order valence-corrected chi connectivity index (χ1v) is 10.6. The van der Waals surface area contributed by atoms with E-state index in [2.05, 4.69) is 33.8 Å². The van der Waals surface area contributed by atoms with E-state index in [-0.39, 0.29) is 0 Å². The van der Waals surface area contributed by atoms with Gasteiger partial charge >= 0.3 is 0 Å². The zero-order chi connectivity index (χ0) is 20.9. The summed E-state index contributed by atoms with van der Waals surface area (Å²) in [6, 6.07) is 16.0. The second-order valence-electron chi connectivity index (χ2n) is 6.89. The van der Waals surface area contributed by atoms with Gasteiger partial charge in [0.15, 0.2) is 0 Å². The van der Waals surface area contributed by atoms with Gasteiger partial charge in [-0.3, -0.25) is 10.3 Å². The molecule has 0 aliphatic carbocycles. The lowest BCUT2D eigenvalue weighted by Crippen LogP contribution is -2.21. The van der Waals surface area contributed by atoms with E-state index in [4.69, 9.17) is 32.7 Å². The van der Waals surface area contributed by atoms with Gasteiger partial charge in [-0.25, -0.2) is 0 Å². The fourth-order valence-electron chi connectivity index (χ4n) is 3.55. The summed E-state index contributed by atoms with van der Waals surface area (Å²) in [5.41, 5.74) is 2.83. The Hall–Kier alpha value is -2.31. The Labute approximate surface area is 186 Å². The minimum absolute atomic E-state index is 0.411. The molecule has 0 radical (unpaired) electrons. The van der Waals surface area contributed by atoms with Gasteiger partial charge < -0.3 is 14.8 Å². The van der Waals surface area contributed by atoms with Crippen LogP contribution >= 0.6 is 23.2 Å².